The standard InChI is InChI=1S/C16H32/c1-4-6-7-10-15-12-13-16(15)11-8-9-14(3)5-2/h14-16H,4-13H2,1-3H3. The van der Waals surface area contributed by atoms with Crippen molar-refractivity contribution < 1.29 is 0 Å². The third-order valence-electron chi connectivity index (χ3n) is 4.72. The van der Waals surface area contributed by atoms with Crippen molar-refractivity contribution in [1.82, 2.24) is 0 Å². The second-order valence-electron chi connectivity index (χ2n) is 6.04. The van der Waals surface area contributed by atoms with E-state index in [2.05, 4.69) is 20.8 Å². The maximum Gasteiger partial charge on any atom is -0.0386 e. The molecule has 0 amide bonds. The molecule has 1 fully saturated rings. The molecule has 3 unspecified atom stereocenters. The third-order valence-corrected chi connectivity index (χ3v) is 4.72. The van der Waals surface area contributed by atoms with Crippen LogP contribution in [0.3, 0.4) is 0 Å². The lowest BCUT2D eigenvalue weighted by Gasteiger charge is -2.37. The zero-order valence-corrected chi connectivity index (χ0v) is 11.8. The lowest BCUT2D eigenvalue weighted by molar-refractivity contribution is 0.144. The minimum absolute atomic E-state index is 0.957. The van der Waals surface area contributed by atoms with Crippen molar-refractivity contribution in [2.45, 2.75) is 85.0 Å². The van der Waals surface area contributed by atoms with Crippen molar-refractivity contribution in [3.8, 4) is 0 Å². The molecule has 0 aliphatic heterocycles. The first-order chi connectivity index (χ1) is 7.77. The van der Waals surface area contributed by atoms with E-state index in [9.17, 15) is 0 Å². The van der Waals surface area contributed by atoms with Crippen LogP contribution in [0.5, 0.6) is 0 Å². The fourth-order valence-electron chi connectivity index (χ4n) is 2.99. The molecule has 0 heterocycles. The molecule has 3 atom stereocenters. The van der Waals surface area contributed by atoms with Gasteiger partial charge < -0.3 is 0 Å². The number of unbranched alkanes of at least 4 members (excludes halogenated alkanes) is 2. The Morgan fingerprint density at radius 2 is 1.56 bits per heavy atom. The summed E-state index contributed by atoms with van der Waals surface area (Å²) in [5, 5.41) is 0. The van der Waals surface area contributed by atoms with Gasteiger partial charge in [-0.25, -0.2) is 0 Å². The van der Waals surface area contributed by atoms with Gasteiger partial charge in [0.15, 0.2) is 0 Å². The highest BCUT2D eigenvalue weighted by atomic mass is 14.3. The van der Waals surface area contributed by atoms with Gasteiger partial charge in [-0.15, -0.1) is 0 Å². The number of rotatable bonds is 9. The quantitative estimate of drug-likeness (QED) is 0.434. The molecule has 0 saturated heterocycles. The minimum atomic E-state index is 0.957. The van der Waals surface area contributed by atoms with E-state index >= 15 is 0 Å². The van der Waals surface area contributed by atoms with Crippen LogP contribution < -0.4 is 0 Å². The third kappa shape index (κ3) is 4.89. The van der Waals surface area contributed by atoms with Crippen LogP contribution in [-0.2, 0) is 0 Å². The Morgan fingerprint density at radius 3 is 2.06 bits per heavy atom. The smallest absolute Gasteiger partial charge is 0.0386 e. The first kappa shape index (κ1) is 14.1. The molecule has 0 heteroatoms. The van der Waals surface area contributed by atoms with Gasteiger partial charge in [0.2, 0.25) is 0 Å². The summed E-state index contributed by atoms with van der Waals surface area (Å²) in [5.74, 6) is 3.18. The summed E-state index contributed by atoms with van der Waals surface area (Å²) < 4.78 is 0. The summed E-state index contributed by atoms with van der Waals surface area (Å²) in [5.41, 5.74) is 0. The van der Waals surface area contributed by atoms with Gasteiger partial charge in [0.25, 0.3) is 0 Å². The molecule has 1 aliphatic rings. The van der Waals surface area contributed by atoms with Gasteiger partial charge in [-0.3, -0.25) is 0 Å². The van der Waals surface area contributed by atoms with Crippen molar-refractivity contribution in [2.24, 2.45) is 17.8 Å². The molecular formula is C16H32. The monoisotopic (exact) mass is 224 g/mol. The van der Waals surface area contributed by atoms with Crippen LogP contribution in [0, 0.1) is 17.8 Å². The van der Waals surface area contributed by atoms with E-state index in [4.69, 9.17) is 0 Å². The second-order valence-corrected chi connectivity index (χ2v) is 6.04. The van der Waals surface area contributed by atoms with Gasteiger partial charge in [-0.05, 0) is 30.6 Å². The molecule has 0 radical (unpaired) electrons. The summed E-state index contributed by atoms with van der Waals surface area (Å²) in [4.78, 5) is 0. The first-order valence-corrected chi connectivity index (χ1v) is 7.77. The predicted molar refractivity (Wildman–Crippen MR) is 73.7 cm³/mol. The van der Waals surface area contributed by atoms with Gasteiger partial charge in [-0.1, -0.05) is 72.1 Å². The van der Waals surface area contributed by atoms with E-state index < -0.39 is 0 Å². The Balaban J connectivity index is 2.00. The van der Waals surface area contributed by atoms with E-state index in [1.807, 2.05) is 0 Å². The first-order valence-electron chi connectivity index (χ1n) is 7.77. The molecule has 1 saturated carbocycles. The highest BCUT2D eigenvalue weighted by molar-refractivity contribution is 4.80. The van der Waals surface area contributed by atoms with E-state index in [0.29, 0.717) is 0 Å². The van der Waals surface area contributed by atoms with E-state index in [1.54, 1.807) is 0 Å². The molecule has 0 spiro atoms. The Morgan fingerprint density at radius 1 is 0.938 bits per heavy atom. The molecule has 0 bridgehead atoms. The maximum atomic E-state index is 2.40. The predicted octanol–water partition coefficient (Wildman–Crippen LogP) is 5.81. The molecular weight excluding hydrogens is 192 g/mol. The lowest BCUT2D eigenvalue weighted by atomic mass is 9.69. The summed E-state index contributed by atoms with van der Waals surface area (Å²) in [6.45, 7) is 7.03. The fraction of sp³-hybridized carbons (Fsp3) is 1.00. The summed E-state index contributed by atoms with van der Waals surface area (Å²) >= 11 is 0. The Bertz CT molecular complexity index is 161. The SMILES string of the molecule is CCCCCC1CCC1CCCC(C)CC. The Labute approximate surface area is 103 Å². The van der Waals surface area contributed by atoms with Crippen LogP contribution in [0.25, 0.3) is 0 Å². The largest absolute Gasteiger partial charge is 0.0654 e. The molecule has 0 aromatic heterocycles. The molecule has 0 nitrogen and oxygen atoms in total. The molecule has 16 heavy (non-hydrogen) atoms. The number of hydrogen-bond donors (Lipinski definition) is 0. The second kappa shape index (κ2) is 8.14. The van der Waals surface area contributed by atoms with Crippen molar-refractivity contribution in [2.75, 3.05) is 0 Å². The highest BCUT2D eigenvalue weighted by Crippen LogP contribution is 2.41. The molecule has 0 aromatic carbocycles. The van der Waals surface area contributed by atoms with E-state index in [1.165, 1.54) is 64.2 Å². The normalized spacial score (nSPS) is 26.4. The van der Waals surface area contributed by atoms with Gasteiger partial charge in [0.05, 0.1) is 0 Å². The van der Waals surface area contributed by atoms with Crippen molar-refractivity contribution in [3.05, 3.63) is 0 Å². The lowest BCUT2D eigenvalue weighted by Crippen LogP contribution is -2.25. The maximum absolute atomic E-state index is 2.40. The average molecular weight is 224 g/mol. The van der Waals surface area contributed by atoms with Crippen LogP contribution >= 0.6 is 0 Å². The zero-order chi connectivity index (χ0) is 11.8. The Kier molecular flexibility index (Phi) is 7.16. The van der Waals surface area contributed by atoms with Crippen LogP contribution in [0.2, 0.25) is 0 Å². The van der Waals surface area contributed by atoms with Crippen LogP contribution in [0.1, 0.15) is 85.0 Å². The molecule has 1 rings (SSSR count). The summed E-state index contributed by atoms with van der Waals surface area (Å²) in [6.07, 6.45) is 14.8. The van der Waals surface area contributed by atoms with Crippen LogP contribution in [0.4, 0.5) is 0 Å². The van der Waals surface area contributed by atoms with Crippen LogP contribution in [0.15, 0.2) is 0 Å². The molecule has 1 aliphatic carbocycles. The van der Waals surface area contributed by atoms with Crippen molar-refractivity contribution >= 4 is 0 Å². The average Bonchev–Trinajstić information content (AvgIpc) is 2.28. The summed E-state index contributed by atoms with van der Waals surface area (Å²) in [6, 6.07) is 0. The van der Waals surface area contributed by atoms with Gasteiger partial charge in [-0.2, -0.15) is 0 Å². The van der Waals surface area contributed by atoms with Gasteiger partial charge in [0.1, 0.15) is 0 Å². The van der Waals surface area contributed by atoms with E-state index in [-0.39, 0.29) is 0 Å². The zero-order valence-electron chi connectivity index (χ0n) is 11.8. The van der Waals surface area contributed by atoms with Crippen molar-refractivity contribution in [1.29, 1.82) is 0 Å². The van der Waals surface area contributed by atoms with Crippen molar-refractivity contribution in [3.63, 3.8) is 0 Å². The topological polar surface area (TPSA) is 0 Å². The summed E-state index contributed by atoms with van der Waals surface area (Å²) in [7, 11) is 0. The molecule has 96 valence electrons. The molecule has 0 N–H and O–H groups in total. The molecule has 0 aromatic rings. The van der Waals surface area contributed by atoms with Crippen LogP contribution in [-0.4, -0.2) is 0 Å². The Hall–Kier alpha value is 0. The van der Waals surface area contributed by atoms with Gasteiger partial charge >= 0.3 is 0 Å². The fourth-order valence-corrected chi connectivity index (χ4v) is 2.99. The number of hydrogen-bond acceptors (Lipinski definition) is 0. The minimum Gasteiger partial charge on any atom is -0.0654 e. The van der Waals surface area contributed by atoms with Gasteiger partial charge in [0, 0.05) is 0 Å². The van der Waals surface area contributed by atoms with E-state index in [0.717, 1.165) is 17.8 Å². The highest BCUT2D eigenvalue weighted by Gasteiger charge is 2.29.